The number of carboxylic acid groups (broad SMARTS) is 1. The van der Waals surface area contributed by atoms with E-state index >= 15 is 0 Å². The molecule has 2 saturated carbocycles. The van der Waals surface area contributed by atoms with Crippen molar-refractivity contribution in [2.45, 2.75) is 31.7 Å². The van der Waals surface area contributed by atoms with Gasteiger partial charge in [0.05, 0.1) is 11.3 Å². The second kappa shape index (κ2) is 5.27. The number of amides is 2. The number of phenols is 1. The lowest BCUT2D eigenvalue weighted by atomic mass is 9.95. The van der Waals surface area contributed by atoms with Gasteiger partial charge in [-0.2, -0.15) is 0 Å². The van der Waals surface area contributed by atoms with E-state index in [1.54, 1.807) is 0 Å². The molecule has 0 aromatic heterocycles. The maximum absolute atomic E-state index is 12.0. The predicted octanol–water partition coefficient (Wildman–Crippen LogP) is 2.40. The van der Waals surface area contributed by atoms with Crippen molar-refractivity contribution in [3.8, 4) is 5.75 Å². The molecule has 2 bridgehead atoms. The molecule has 2 aliphatic carbocycles. The molecule has 0 heterocycles. The van der Waals surface area contributed by atoms with Crippen LogP contribution in [0.3, 0.4) is 0 Å². The van der Waals surface area contributed by atoms with Gasteiger partial charge in [0.2, 0.25) is 0 Å². The van der Waals surface area contributed by atoms with E-state index in [4.69, 9.17) is 5.11 Å². The largest absolute Gasteiger partial charge is 0.508 e. The quantitative estimate of drug-likeness (QED) is 0.642. The summed E-state index contributed by atoms with van der Waals surface area (Å²) in [5.41, 5.74) is 0.0547. The first-order valence-electron chi connectivity index (χ1n) is 7.16. The first-order valence-corrected chi connectivity index (χ1v) is 7.16. The fourth-order valence-corrected chi connectivity index (χ4v) is 3.57. The number of hydrogen-bond acceptors (Lipinski definition) is 3. The Hall–Kier alpha value is -2.24. The highest BCUT2D eigenvalue weighted by Gasteiger charge is 2.40. The lowest BCUT2D eigenvalue weighted by Gasteiger charge is -2.23. The summed E-state index contributed by atoms with van der Waals surface area (Å²) in [7, 11) is 0. The normalized spacial score (nSPS) is 26.6. The third-order valence-corrected chi connectivity index (χ3v) is 4.54. The van der Waals surface area contributed by atoms with Crippen molar-refractivity contribution in [2.24, 2.45) is 11.8 Å². The Morgan fingerprint density at radius 1 is 1.19 bits per heavy atom. The van der Waals surface area contributed by atoms with E-state index in [1.807, 2.05) is 0 Å². The van der Waals surface area contributed by atoms with Crippen molar-refractivity contribution in [2.75, 3.05) is 5.32 Å². The minimum Gasteiger partial charge on any atom is -0.508 e. The van der Waals surface area contributed by atoms with Crippen LogP contribution in [-0.2, 0) is 0 Å². The molecule has 2 aliphatic rings. The van der Waals surface area contributed by atoms with Gasteiger partial charge in [-0.3, -0.25) is 0 Å². The average molecular weight is 290 g/mol. The van der Waals surface area contributed by atoms with Crippen molar-refractivity contribution in [3.63, 3.8) is 0 Å². The SMILES string of the molecule is O=C(Nc1ccc(O)cc1C(=O)O)NC1CC2CCC1C2. The Kier molecular flexibility index (Phi) is 3.45. The van der Waals surface area contributed by atoms with Crippen LogP contribution in [-0.4, -0.2) is 28.3 Å². The molecule has 6 heteroatoms. The number of hydrogen-bond donors (Lipinski definition) is 4. The number of nitrogens with one attached hydrogen (secondary N) is 2. The predicted molar refractivity (Wildman–Crippen MR) is 76.5 cm³/mol. The van der Waals surface area contributed by atoms with Gasteiger partial charge in [0.15, 0.2) is 0 Å². The van der Waals surface area contributed by atoms with Crippen molar-refractivity contribution in [1.82, 2.24) is 5.32 Å². The molecule has 112 valence electrons. The third-order valence-electron chi connectivity index (χ3n) is 4.54. The maximum atomic E-state index is 12.0. The van der Waals surface area contributed by atoms with Gasteiger partial charge in [0.25, 0.3) is 0 Å². The smallest absolute Gasteiger partial charge is 0.337 e. The summed E-state index contributed by atoms with van der Waals surface area (Å²) in [6.07, 6.45) is 4.62. The number of rotatable bonds is 3. The standard InChI is InChI=1S/C15H18N2O4/c18-10-3-4-12(11(7-10)14(19)20)16-15(21)17-13-6-8-1-2-9(13)5-8/h3-4,7-9,13,18H,1-2,5-6H2,(H,19,20)(H2,16,17,21). The van der Waals surface area contributed by atoms with E-state index < -0.39 is 5.97 Å². The van der Waals surface area contributed by atoms with Gasteiger partial charge in [0, 0.05) is 6.04 Å². The van der Waals surface area contributed by atoms with Crippen LogP contribution in [0.2, 0.25) is 0 Å². The Morgan fingerprint density at radius 3 is 2.62 bits per heavy atom. The van der Waals surface area contributed by atoms with E-state index in [1.165, 1.54) is 25.0 Å². The van der Waals surface area contributed by atoms with Gasteiger partial charge in [-0.05, 0) is 49.3 Å². The van der Waals surface area contributed by atoms with Crippen LogP contribution in [0.25, 0.3) is 0 Å². The van der Waals surface area contributed by atoms with Gasteiger partial charge in [-0.15, -0.1) is 0 Å². The molecule has 21 heavy (non-hydrogen) atoms. The van der Waals surface area contributed by atoms with Gasteiger partial charge < -0.3 is 20.8 Å². The Labute approximate surface area is 122 Å². The summed E-state index contributed by atoms with van der Waals surface area (Å²) in [5.74, 6) is -0.0596. The molecule has 4 N–H and O–H groups in total. The van der Waals surface area contributed by atoms with Crippen LogP contribution in [0.15, 0.2) is 18.2 Å². The molecular formula is C15H18N2O4. The second-order valence-corrected chi connectivity index (χ2v) is 5.91. The van der Waals surface area contributed by atoms with E-state index in [0.29, 0.717) is 5.92 Å². The topological polar surface area (TPSA) is 98.7 Å². The number of benzene rings is 1. The van der Waals surface area contributed by atoms with Crippen molar-refractivity contribution in [3.05, 3.63) is 23.8 Å². The number of phenolic OH excluding ortho intramolecular Hbond substituents is 1. The minimum atomic E-state index is -1.19. The number of anilines is 1. The molecule has 0 radical (unpaired) electrons. The first kappa shape index (κ1) is 13.7. The summed E-state index contributed by atoms with van der Waals surface area (Å²) in [4.78, 5) is 23.1. The van der Waals surface area contributed by atoms with E-state index in [-0.39, 0.29) is 29.1 Å². The molecular weight excluding hydrogens is 272 g/mol. The van der Waals surface area contributed by atoms with Crippen molar-refractivity contribution < 1.29 is 19.8 Å². The van der Waals surface area contributed by atoms with Gasteiger partial charge in [-0.25, -0.2) is 9.59 Å². The summed E-state index contributed by atoms with van der Waals surface area (Å²) in [5, 5.41) is 23.9. The highest BCUT2D eigenvalue weighted by Crippen LogP contribution is 2.44. The number of fused-ring (bicyclic) bond motifs is 2. The van der Waals surface area contributed by atoms with Gasteiger partial charge in [-0.1, -0.05) is 6.42 Å². The Morgan fingerprint density at radius 2 is 2.00 bits per heavy atom. The monoisotopic (exact) mass is 290 g/mol. The summed E-state index contributed by atoms with van der Waals surface area (Å²) < 4.78 is 0. The first-order chi connectivity index (χ1) is 10.0. The molecule has 3 atom stereocenters. The molecule has 1 aromatic rings. The number of aromatic carboxylic acids is 1. The minimum absolute atomic E-state index is 0.127. The van der Waals surface area contributed by atoms with Crippen LogP contribution >= 0.6 is 0 Å². The molecule has 3 unspecified atom stereocenters. The molecule has 1 aromatic carbocycles. The molecule has 0 spiro atoms. The number of carboxylic acids is 1. The summed E-state index contributed by atoms with van der Waals surface area (Å²) >= 11 is 0. The molecule has 0 aliphatic heterocycles. The van der Waals surface area contributed by atoms with Crippen molar-refractivity contribution in [1.29, 1.82) is 0 Å². The highest BCUT2D eigenvalue weighted by molar-refractivity contribution is 6.00. The van der Waals surface area contributed by atoms with Crippen LogP contribution in [0.4, 0.5) is 10.5 Å². The zero-order valence-electron chi connectivity index (χ0n) is 11.5. The maximum Gasteiger partial charge on any atom is 0.337 e. The molecule has 3 rings (SSSR count). The lowest BCUT2D eigenvalue weighted by Crippen LogP contribution is -2.41. The number of aromatic hydroxyl groups is 1. The van der Waals surface area contributed by atoms with Gasteiger partial charge >= 0.3 is 12.0 Å². The zero-order chi connectivity index (χ0) is 15.0. The zero-order valence-corrected chi connectivity index (χ0v) is 11.5. The number of carbonyl (C=O) groups is 2. The number of carbonyl (C=O) groups excluding carboxylic acids is 1. The fraction of sp³-hybridized carbons (Fsp3) is 0.467. The van der Waals surface area contributed by atoms with Crippen LogP contribution in [0, 0.1) is 11.8 Å². The van der Waals surface area contributed by atoms with Crippen LogP contribution < -0.4 is 10.6 Å². The summed E-state index contributed by atoms with van der Waals surface area (Å²) in [6, 6.07) is 3.66. The van der Waals surface area contributed by atoms with E-state index in [9.17, 15) is 14.7 Å². The Balaban J connectivity index is 1.66. The third kappa shape index (κ3) is 2.79. The molecule has 2 amide bonds. The number of urea groups is 1. The fourth-order valence-electron chi connectivity index (χ4n) is 3.57. The molecule has 6 nitrogen and oxygen atoms in total. The highest BCUT2D eigenvalue weighted by atomic mass is 16.4. The van der Waals surface area contributed by atoms with Gasteiger partial charge in [0.1, 0.15) is 5.75 Å². The van der Waals surface area contributed by atoms with E-state index in [0.717, 1.165) is 24.8 Å². The molecule has 2 fully saturated rings. The van der Waals surface area contributed by atoms with Crippen LogP contribution in [0.1, 0.15) is 36.0 Å². The van der Waals surface area contributed by atoms with E-state index in [2.05, 4.69) is 10.6 Å². The second-order valence-electron chi connectivity index (χ2n) is 5.91. The molecule has 0 saturated heterocycles. The Bertz CT molecular complexity index is 587. The van der Waals surface area contributed by atoms with Crippen molar-refractivity contribution >= 4 is 17.7 Å². The average Bonchev–Trinajstić information content (AvgIpc) is 3.02. The van der Waals surface area contributed by atoms with Crippen LogP contribution in [0.5, 0.6) is 5.75 Å². The summed E-state index contributed by atoms with van der Waals surface area (Å²) in [6.45, 7) is 0. The lowest BCUT2D eigenvalue weighted by molar-refractivity contribution is 0.0697.